The predicted molar refractivity (Wildman–Crippen MR) is 99.2 cm³/mol. The molecular formula is C19H24N4O3. The number of pyridine rings is 1. The van der Waals surface area contributed by atoms with Crippen molar-refractivity contribution in [1.82, 2.24) is 15.2 Å². The summed E-state index contributed by atoms with van der Waals surface area (Å²) in [6.45, 7) is 2.22. The Morgan fingerprint density at radius 1 is 1.31 bits per heavy atom. The molecular weight excluding hydrogens is 332 g/mol. The topological polar surface area (TPSA) is 97.7 Å². The zero-order valence-corrected chi connectivity index (χ0v) is 14.8. The summed E-state index contributed by atoms with van der Waals surface area (Å²) in [5.74, 6) is 0.677. The molecule has 26 heavy (non-hydrogen) atoms. The van der Waals surface area contributed by atoms with Gasteiger partial charge in [-0.05, 0) is 41.8 Å². The first-order valence-electron chi connectivity index (χ1n) is 8.68. The summed E-state index contributed by atoms with van der Waals surface area (Å²) in [7, 11) is 1.74. The lowest BCUT2D eigenvalue weighted by Gasteiger charge is -2.30. The molecule has 0 saturated heterocycles. The fourth-order valence-electron chi connectivity index (χ4n) is 3.14. The highest BCUT2D eigenvalue weighted by molar-refractivity contribution is 5.94. The summed E-state index contributed by atoms with van der Waals surface area (Å²) in [6.07, 6.45) is 1.76. The SMILES string of the molecule is CNc1cc(C(=O)NC[C@H](O)CN2CCc3cc(O)ccc3C2)ccn1. The average molecular weight is 356 g/mol. The van der Waals surface area contributed by atoms with Gasteiger partial charge in [0.25, 0.3) is 5.91 Å². The maximum atomic E-state index is 12.2. The van der Waals surface area contributed by atoms with E-state index in [0.29, 0.717) is 17.9 Å². The maximum Gasteiger partial charge on any atom is 0.251 e. The van der Waals surface area contributed by atoms with Gasteiger partial charge in [-0.1, -0.05) is 6.07 Å². The number of aliphatic hydroxyl groups excluding tert-OH is 1. The van der Waals surface area contributed by atoms with Gasteiger partial charge in [0.2, 0.25) is 0 Å². The highest BCUT2D eigenvalue weighted by atomic mass is 16.3. The molecule has 1 aliphatic heterocycles. The zero-order valence-electron chi connectivity index (χ0n) is 14.8. The lowest BCUT2D eigenvalue weighted by molar-refractivity contribution is 0.0842. The number of hydrogen-bond donors (Lipinski definition) is 4. The van der Waals surface area contributed by atoms with Gasteiger partial charge in [0.05, 0.1) is 6.10 Å². The molecule has 2 heterocycles. The van der Waals surface area contributed by atoms with E-state index in [1.807, 2.05) is 6.07 Å². The molecule has 1 atom stereocenters. The number of phenolic OH excluding ortho intramolecular Hbond substituents is 1. The summed E-state index contributed by atoms with van der Waals surface area (Å²) in [6, 6.07) is 8.72. The van der Waals surface area contributed by atoms with Crippen molar-refractivity contribution in [3.8, 4) is 5.75 Å². The first-order chi connectivity index (χ1) is 12.5. The molecule has 3 rings (SSSR count). The van der Waals surface area contributed by atoms with Gasteiger partial charge in [-0.25, -0.2) is 4.98 Å². The minimum Gasteiger partial charge on any atom is -0.508 e. The Hall–Kier alpha value is -2.64. The van der Waals surface area contributed by atoms with Gasteiger partial charge in [-0.15, -0.1) is 0 Å². The third-order valence-electron chi connectivity index (χ3n) is 4.53. The van der Waals surface area contributed by atoms with E-state index in [9.17, 15) is 15.0 Å². The molecule has 1 aromatic heterocycles. The first kappa shape index (κ1) is 18.2. The number of nitrogens with zero attached hydrogens (tertiary/aromatic N) is 2. The lowest BCUT2D eigenvalue weighted by Crippen LogP contribution is -2.42. The number of amides is 1. The van der Waals surface area contributed by atoms with Crippen molar-refractivity contribution in [1.29, 1.82) is 0 Å². The molecule has 0 bridgehead atoms. The average Bonchev–Trinajstić information content (AvgIpc) is 2.66. The number of benzene rings is 1. The second-order valence-corrected chi connectivity index (χ2v) is 6.48. The lowest BCUT2D eigenvalue weighted by atomic mass is 9.99. The van der Waals surface area contributed by atoms with E-state index in [2.05, 4.69) is 20.5 Å². The Balaban J connectivity index is 1.49. The molecule has 0 fully saturated rings. The van der Waals surface area contributed by atoms with E-state index >= 15 is 0 Å². The number of hydrogen-bond acceptors (Lipinski definition) is 6. The summed E-state index contributed by atoms with van der Waals surface area (Å²) in [5.41, 5.74) is 2.83. The number of carbonyl (C=O) groups is 1. The monoisotopic (exact) mass is 356 g/mol. The smallest absolute Gasteiger partial charge is 0.251 e. The van der Waals surface area contributed by atoms with Crippen LogP contribution in [0.1, 0.15) is 21.5 Å². The van der Waals surface area contributed by atoms with Crippen molar-refractivity contribution < 1.29 is 15.0 Å². The Morgan fingerprint density at radius 2 is 2.15 bits per heavy atom. The number of rotatable bonds is 6. The van der Waals surface area contributed by atoms with Gasteiger partial charge in [0, 0.05) is 45.0 Å². The number of fused-ring (bicyclic) bond motifs is 1. The van der Waals surface area contributed by atoms with Gasteiger partial charge in [0.15, 0.2) is 0 Å². The van der Waals surface area contributed by atoms with Crippen LogP contribution in [-0.2, 0) is 13.0 Å². The number of β-amino-alcohol motifs (C(OH)–C–C–N with tert-alkyl or cyclic N) is 1. The Bertz CT molecular complexity index is 781. The molecule has 138 valence electrons. The standard InChI is InChI=1S/C19H24N4O3/c1-20-18-9-14(4-6-21-18)19(26)22-10-17(25)12-23-7-5-13-8-16(24)3-2-15(13)11-23/h2-4,6,8-9,17,24-25H,5,7,10-12H2,1H3,(H,20,21)(H,22,26)/t17-/m0/s1. The van der Waals surface area contributed by atoms with Crippen LogP contribution in [0.2, 0.25) is 0 Å². The van der Waals surface area contributed by atoms with E-state index in [1.165, 1.54) is 5.56 Å². The molecule has 7 heteroatoms. The number of aromatic hydroxyl groups is 1. The van der Waals surface area contributed by atoms with Crippen molar-refractivity contribution in [2.24, 2.45) is 0 Å². The fraction of sp³-hybridized carbons (Fsp3) is 0.368. The molecule has 7 nitrogen and oxygen atoms in total. The van der Waals surface area contributed by atoms with Crippen LogP contribution in [0.15, 0.2) is 36.5 Å². The fourth-order valence-corrected chi connectivity index (χ4v) is 3.14. The summed E-state index contributed by atoms with van der Waals surface area (Å²) in [4.78, 5) is 18.4. The van der Waals surface area contributed by atoms with Gasteiger partial charge in [-0.2, -0.15) is 0 Å². The van der Waals surface area contributed by atoms with Crippen LogP contribution in [-0.4, -0.2) is 58.8 Å². The Morgan fingerprint density at radius 3 is 2.96 bits per heavy atom. The van der Waals surface area contributed by atoms with Crippen LogP contribution >= 0.6 is 0 Å². The van der Waals surface area contributed by atoms with Gasteiger partial charge < -0.3 is 20.8 Å². The van der Waals surface area contributed by atoms with Gasteiger partial charge in [-0.3, -0.25) is 9.69 Å². The second-order valence-electron chi connectivity index (χ2n) is 6.48. The number of phenols is 1. The molecule has 0 radical (unpaired) electrons. The number of carbonyl (C=O) groups excluding carboxylic acids is 1. The van der Waals surface area contributed by atoms with Crippen LogP contribution in [0.4, 0.5) is 5.82 Å². The van der Waals surface area contributed by atoms with E-state index in [0.717, 1.165) is 25.1 Å². The highest BCUT2D eigenvalue weighted by Crippen LogP contribution is 2.23. The van der Waals surface area contributed by atoms with Crippen LogP contribution in [0.3, 0.4) is 0 Å². The molecule has 0 saturated carbocycles. The Labute approximate surface area is 152 Å². The molecule has 0 aliphatic carbocycles. The molecule has 2 aromatic rings. The first-order valence-corrected chi connectivity index (χ1v) is 8.68. The molecule has 1 aromatic carbocycles. The normalized spacial score (nSPS) is 15.2. The largest absolute Gasteiger partial charge is 0.508 e. The van der Waals surface area contributed by atoms with E-state index in [-0.39, 0.29) is 18.2 Å². The van der Waals surface area contributed by atoms with E-state index in [4.69, 9.17) is 0 Å². The van der Waals surface area contributed by atoms with Crippen molar-refractivity contribution >= 4 is 11.7 Å². The van der Waals surface area contributed by atoms with Crippen LogP contribution in [0.25, 0.3) is 0 Å². The summed E-state index contributed by atoms with van der Waals surface area (Å²) >= 11 is 0. The second kappa shape index (κ2) is 8.16. The van der Waals surface area contributed by atoms with E-state index in [1.54, 1.807) is 37.5 Å². The number of aliphatic hydroxyl groups is 1. The van der Waals surface area contributed by atoms with E-state index < -0.39 is 6.10 Å². The van der Waals surface area contributed by atoms with Crippen molar-refractivity contribution in [2.75, 3.05) is 32.0 Å². The number of aromatic nitrogens is 1. The zero-order chi connectivity index (χ0) is 18.5. The minimum absolute atomic E-state index is 0.189. The predicted octanol–water partition coefficient (Wildman–Crippen LogP) is 0.978. The third kappa shape index (κ3) is 4.50. The molecule has 1 aliphatic rings. The molecule has 0 unspecified atom stereocenters. The van der Waals surface area contributed by atoms with Crippen molar-refractivity contribution in [2.45, 2.75) is 19.1 Å². The third-order valence-corrected chi connectivity index (χ3v) is 4.53. The number of anilines is 1. The molecule has 4 N–H and O–H groups in total. The maximum absolute atomic E-state index is 12.2. The van der Waals surface area contributed by atoms with Gasteiger partial charge in [0.1, 0.15) is 11.6 Å². The summed E-state index contributed by atoms with van der Waals surface area (Å²) in [5, 5.41) is 25.5. The minimum atomic E-state index is -0.650. The Kier molecular flexibility index (Phi) is 5.70. The summed E-state index contributed by atoms with van der Waals surface area (Å²) < 4.78 is 0. The van der Waals surface area contributed by atoms with Crippen LogP contribution in [0.5, 0.6) is 5.75 Å². The van der Waals surface area contributed by atoms with Gasteiger partial charge >= 0.3 is 0 Å². The van der Waals surface area contributed by atoms with Crippen molar-refractivity contribution in [3.63, 3.8) is 0 Å². The number of nitrogens with one attached hydrogen (secondary N) is 2. The van der Waals surface area contributed by atoms with Crippen LogP contribution < -0.4 is 10.6 Å². The van der Waals surface area contributed by atoms with Crippen LogP contribution in [0, 0.1) is 0 Å². The molecule has 1 amide bonds. The molecule has 0 spiro atoms. The quantitative estimate of drug-likeness (QED) is 0.616. The highest BCUT2D eigenvalue weighted by Gasteiger charge is 2.19. The van der Waals surface area contributed by atoms with Crippen molar-refractivity contribution in [3.05, 3.63) is 53.2 Å².